The number of hydrogen-bond donors (Lipinski definition) is 0. The molecule has 206 valence electrons. The molecule has 39 heavy (non-hydrogen) atoms. The molecule has 13 heteroatoms. The van der Waals surface area contributed by atoms with Gasteiger partial charge < -0.3 is 14.0 Å². The van der Waals surface area contributed by atoms with Crippen LogP contribution in [0.3, 0.4) is 0 Å². The molecule has 1 heterocycles. The highest BCUT2D eigenvalue weighted by Gasteiger charge is 2.30. The first-order chi connectivity index (χ1) is 18.5. The number of halogens is 7. The van der Waals surface area contributed by atoms with Crippen LogP contribution in [0.4, 0.5) is 30.7 Å². The molecule has 0 amide bonds. The van der Waals surface area contributed by atoms with Crippen molar-refractivity contribution >= 4 is 28.8 Å². The molecule has 0 N–H and O–H groups in total. The van der Waals surface area contributed by atoms with Crippen LogP contribution in [-0.4, -0.2) is 29.2 Å². The summed E-state index contributed by atoms with van der Waals surface area (Å²) in [7, 11) is 0.864. The Hall–Kier alpha value is -3.74. The van der Waals surface area contributed by atoms with Gasteiger partial charge in [-0.2, -0.15) is 22.0 Å². The molecule has 0 radical (unpaired) electrons. The van der Waals surface area contributed by atoms with Crippen LogP contribution in [0.5, 0.6) is 5.75 Å². The number of thioether (sulfide) groups is 1. The van der Waals surface area contributed by atoms with Gasteiger partial charge in [0.2, 0.25) is 11.6 Å². The minimum atomic E-state index is -4.53. The van der Waals surface area contributed by atoms with E-state index in [-0.39, 0.29) is 29.4 Å². The van der Waals surface area contributed by atoms with Crippen molar-refractivity contribution < 1.29 is 45.0 Å². The van der Waals surface area contributed by atoms with E-state index in [4.69, 9.17) is 4.74 Å². The first kappa shape index (κ1) is 28.3. The average Bonchev–Trinajstić information content (AvgIpc) is 3.24. The number of alkyl halides is 3. The van der Waals surface area contributed by atoms with Crippen molar-refractivity contribution in [3.8, 4) is 5.75 Å². The van der Waals surface area contributed by atoms with E-state index in [1.54, 1.807) is 11.5 Å². The topological polar surface area (TPSA) is 53.4 Å². The average molecular weight is 573 g/mol. The Balaban J connectivity index is 1.74. The zero-order valence-electron chi connectivity index (χ0n) is 20.3. The fraction of sp³-hybridized carbons (Fsp3) is 0.231. The summed E-state index contributed by atoms with van der Waals surface area (Å²) in [6.07, 6.45) is -4.53. The molecule has 1 aromatic heterocycles. The van der Waals surface area contributed by atoms with Gasteiger partial charge in [-0.1, -0.05) is 23.9 Å². The quantitative estimate of drug-likeness (QED) is 0.0973. The fourth-order valence-electron chi connectivity index (χ4n) is 3.79. The first-order valence-corrected chi connectivity index (χ1v) is 12.3. The Morgan fingerprint density at radius 1 is 0.974 bits per heavy atom. The summed E-state index contributed by atoms with van der Waals surface area (Å²) in [5.74, 6) is -9.04. The lowest BCUT2D eigenvalue weighted by molar-refractivity contribution is -0.137. The maximum absolute atomic E-state index is 14.5. The Kier molecular flexibility index (Phi) is 8.09. The molecule has 4 aromatic rings. The molecule has 0 spiro atoms. The maximum Gasteiger partial charge on any atom is 0.416 e. The van der Waals surface area contributed by atoms with Crippen LogP contribution >= 0.6 is 11.8 Å². The van der Waals surface area contributed by atoms with Gasteiger partial charge in [0, 0.05) is 11.3 Å². The summed E-state index contributed by atoms with van der Waals surface area (Å²) in [4.78, 5) is 16.6. The van der Waals surface area contributed by atoms with Crippen molar-refractivity contribution in [1.82, 2.24) is 9.55 Å². The number of methoxy groups -OCH3 is 1. The smallest absolute Gasteiger partial charge is 0.416 e. The van der Waals surface area contributed by atoms with E-state index in [0.29, 0.717) is 11.1 Å². The van der Waals surface area contributed by atoms with Crippen molar-refractivity contribution in [3.63, 3.8) is 0 Å². The molecule has 0 saturated heterocycles. The second-order valence-corrected chi connectivity index (χ2v) is 9.10. The van der Waals surface area contributed by atoms with E-state index in [1.165, 1.54) is 30.3 Å². The van der Waals surface area contributed by atoms with Crippen molar-refractivity contribution in [2.24, 2.45) is 0 Å². The molecule has 0 saturated carbocycles. The van der Waals surface area contributed by atoms with Gasteiger partial charge in [-0.15, -0.1) is 0 Å². The van der Waals surface area contributed by atoms with E-state index >= 15 is 0 Å². The third-order valence-corrected chi connectivity index (χ3v) is 6.71. The summed E-state index contributed by atoms with van der Waals surface area (Å²) >= 11 is 0.738. The van der Waals surface area contributed by atoms with Crippen LogP contribution in [0, 0.1) is 23.3 Å². The number of carbonyl (C=O) groups is 1. The minimum absolute atomic E-state index is 0.00791. The summed E-state index contributed by atoms with van der Waals surface area (Å²) in [6, 6.07) is 8.79. The largest absolute Gasteiger partial charge is 0.491 e. The van der Waals surface area contributed by atoms with Gasteiger partial charge in [-0.05, 0) is 42.8 Å². The lowest BCUT2D eigenvalue weighted by Crippen LogP contribution is -2.07. The second kappa shape index (κ2) is 11.2. The third kappa shape index (κ3) is 5.68. The number of esters is 1. The molecule has 0 fully saturated rings. The second-order valence-electron chi connectivity index (χ2n) is 8.16. The molecule has 0 aliphatic carbocycles. The molecule has 0 unspecified atom stereocenters. The number of carbonyl (C=O) groups excluding carboxylic acids is 1. The summed E-state index contributed by atoms with van der Waals surface area (Å²) < 4.78 is 107. The maximum atomic E-state index is 14.5. The van der Waals surface area contributed by atoms with Gasteiger partial charge in [0.15, 0.2) is 22.5 Å². The van der Waals surface area contributed by atoms with Gasteiger partial charge >= 0.3 is 12.1 Å². The lowest BCUT2D eigenvalue weighted by Gasteiger charge is -2.13. The molecular weight excluding hydrogens is 553 g/mol. The Morgan fingerprint density at radius 2 is 1.62 bits per heavy atom. The van der Waals surface area contributed by atoms with Gasteiger partial charge in [0.25, 0.3) is 0 Å². The van der Waals surface area contributed by atoms with Gasteiger partial charge in [0.05, 0.1) is 42.4 Å². The number of fused-ring (bicyclic) bond motifs is 1. The van der Waals surface area contributed by atoms with Crippen molar-refractivity contribution in [2.45, 2.75) is 30.6 Å². The van der Waals surface area contributed by atoms with E-state index < -0.39 is 58.0 Å². The molecule has 0 atom stereocenters. The number of aromatic nitrogens is 2. The van der Waals surface area contributed by atoms with Gasteiger partial charge in [-0.3, -0.25) is 0 Å². The predicted molar refractivity (Wildman–Crippen MR) is 129 cm³/mol. The van der Waals surface area contributed by atoms with E-state index in [0.717, 1.165) is 31.0 Å². The van der Waals surface area contributed by atoms with Crippen LogP contribution in [0.25, 0.3) is 11.0 Å². The van der Waals surface area contributed by atoms with Crippen LogP contribution < -0.4 is 4.74 Å². The highest BCUT2D eigenvalue weighted by atomic mass is 32.2. The number of benzene rings is 3. The molecular formula is C26H19F7N2O3S. The van der Waals surface area contributed by atoms with E-state index in [2.05, 4.69) is 9.72 Å². The number of rotatable bonds is 8. The van der Waals surface area contributed by atoms with Crippen LogP contribution in [0.1, 0.15) is 34.0 Å². The van der Waals surface area contributed by atoms with Crippen molar-refractivity contribution in [2.75, 3.05) is 13.7 Å². The van der Waals surface area contributed by atoms with Crippen LogP contribution in [-0.2, 0) is 23.2 Å². The zero-order valence-corrected chi connectivity index (χ0v) is 21.2. The summed E-state index contributed by atoms with van der Waals surface area (Å²) in [6.45, 7) is 1.76. The SMILES string of the molecule is CCOC(=O)c1ccc2c(c1)nc(SCc1c(F)c(F)c(OC)c(F)c1F)n2Cc1ccc(C(F)(F)F)cc1. The number of ether oxygens (including phenoxy) is 2. The highest BCUT2D eigenvalue weighted by molar-refractivity contribution is 7.98. The minimum Gasteiger partial charge on any atom is -0.491 e. The first-order valence-electron chi connectivity index (χ1n) is 11.3. The molecule has 4 rings (SSSR count). The molecule has 0 bridgehead atoms. The number of imidazole rings is 1. The Bertz CT molecular complexity index is 1510. The normalized spacial score (nSPS) is 11.7. The predicted octanol–water partition coefficient (Wildman–Crippen LogP) is 7.14. The van der Waals surface area contributed by atoms with Gasteiger partial charge in [0.1, 0.15) is 0 Å². The third-order valence-electron chi connectivity index (χ3n) is 5.71. The molecule has 5 nitrogen and oxygen atoms in total. The standard InChI is InChI=1S/C26H19F7N2O3S/c1-3-38-24(36)14-6-9-18-17(10-14)34-25(35(18)11-13-4-7-15(8-5-13)26(31,32)33)39-12-16-19(27)21(29)23(37-2)22(30)20(16)28/h4-10H,3,11-12H2,1-2H3. The van der Waals surface area contributed by atoms with E-state index in [1.807, 2.05) is 0 Å². The summed E-state index contributed by atoms with van der Waals surface area (Å²) in [5.41, 5.74) is -0.392. The molecule has 0 aliphatic rings. The van der Waals surface area contributed by atoms with Crippen LogP contribution in [0.2, 0.25) is 0 Å². The number of nitrogens with zero attached hydrogens (tertiary/aromatic N) is 2. The number of hydrogen-bond acceptors (Lipinski definition) is 5. The summed E-state index contributed by atoms with van der Waals surface area (Å²) in [5, 5.41) is 0.126. The van der Waals surface area contributed by atoms with Crippen LogP contribution in [0.15, 0.2) is 47.6 Å². The monoisotopic (exact) mass is 572 g/mol. The highest BCUT2D eigenvalue weighted by Crippen LogP contribution is 2.35. The van der Waals surface area contributed by atoms with Crippen molar-refractivity contribution in [1.29, 1.82) is 0 Å². The molecule has 3 aromatic carbocycles. The van der Waals surface area contributed by atoms with Gasteiger partial charge in [-0.25, -0.2) is 18.6 Å². The molecule has 0 aliphatic heterocycles. The Morgan fingerprint density at radius 3 is 2.18 bits per heavy atom. The fourth-order valence-corrected chi connectivity index (χ4v) is 4.80. The Labute approximate surface area is 221 Å². The lowest BCUT2D eigenvalue weighted by atomic mass is 10.1. The van der Waals surface area contributed by atoms with E-state index in [9.17, 15) is 35.5 Å². The van der Waals surface area contributed by atoms with Crippen molar-refractivity contribution in [3.05, 3.63) is 88.0 Å². The zero-order chi connectivity index (χ0) is 28.5.